The van der Waals surface area contributed by atoms with E-state index in [2.05, 4.69) is 5.16 Å². The summed E-state index contributed by atoms with van der Waals surface area (Å²) >= 11 is 0. The first-order valence-corrected chi connectivity index (χ1v) is 8.98. The van der Waals surface area contributed by atoms with Gasteiger partial charge in [0.2, 0.25) is 6.41 Å². The summed E-state index contributed by atoms with van der Waals surface area (Å²) in [6.45, 7) is 3.33. The zero-order chi connectivity index (χ0) is 18.0. The molecule has 0 unspecified atom stereocenters. The minimum absolute atomic E-state index is 0.0155. The molecule has 0 atom stereocenters. The molecule has 6 nitrogen and oxygen atoms in total. The molecule has 0 aliphatic rings. The van der Waals surface area contributed by atoms with Crippen LogP contribution in [0.5, 0.6) is 0 Å². The fourth-order valence-electron chi connectivity index (χ4n) is 2.48. The van der Waals surface area contributed by atoms with Crippen LogP contribution >= 0.6 is 0 Å². The maximum absolute atomic E-state index is 13.1. The van der Waals surface area contributed by atoms with E-state index in [9.17, 15) is 13.2 Å². The van der Waals surface area contributed by atoms with E-state index < -0.39 is 10.0 Å². The van der Waals surface area contributed by atoms with Crippen LogP contribution in [0.15, 0.2) is 64.0 Å². The Hall–Kier alpha value is -2.93. The van der Waals surface area contributed by atoms with E-state index in [0.29, 0.717) is 21.1 Å². The van der Waals surface area contributed by atoms with Gasteiger partial charge in [-0.2, -0.15) is 4.31 Å². The number of nitrogens with zero attached hydrogens (tertiary/aromatic N) is 2. The van der Waals surface area contributed by atoms with Crippen molar-refractivity contribution in [1.29, 1.82) is 0 Å². The predicted octanol–water partition coefficient (Wildman–Crippen LogP) is 3.31. The van der Waals surface area contributed by atoms with E-state index in [1.165, 1.54) is 6.07 Å². The first-order chi connectivity index (χ1) is 12.0. The fraction of sp³-hybridized carbons (Fsp3) is 0.111. The van der Waals surface area contributed by atoms with Gasteiger partial charge in [0.1, 0.15) is 0 Å². The van der Waals surface area contributed by atoms with Gasteiger partial charge in [0.25, 0.3) is 15.9 Å². The lowest BCUT2D eigenvalue weighted by Gasteiger charge is -2.17. The lowest BCUT2D eigenvalue weighted by molar-refractivity contribution is -0.106. The molecule has 0 bridgehead atoms. The summed E-state index contributed by atoms with van der Waals surface area (Å²) in [7, 11) is -4.16. The van der Waals surface area contributed by atoms with Crippen molar-refractivity contribution < 1.29 is 17.7 Å². The molecule has 0 N–H and O–H groups in total. The van der Waals surface area contributed by atoms with Crippen LogP contribution in [0.1, 0.15) is 11.3 Å². The number of amides is 1. The largest absolute Gasteiger partial charge is 0.337 e. The number of hydrogen-bond acceptors (Lipinski definition) is 5. The zero-order valence-electron chi connectivity index (χ0n) is 13.7. The van der Waals surface area contributed by atoms with E-state index in [4.69, 9.17) is 4.52 Å². The van der Waals surface area contributed by atoms with Gasteiger partial charge in [0, 0.05) is 11.1 Å². The normalized spacial score (nSPS) is 11.3. The molecule has 128 valence electrons. The summed E-state index contributed by atoms with van der Waals surface area (Å²) < 4.78 is 31.9. The quantitative estimate of drug-likeness (QED) is 0.655. The van der Waals surface area contributed by atoms with Gasteiger partial charge in [-0.3, -0.25) is 4.79 Å². The highest BCUT2D eigenvalue weighted by Crippen LogP contribution is 2.32. The summed E-state index contributed by atoms with van der Waals surface area (Å²) in [5.74, 6) is -0.102. The summed E-state index contributed by atoms with van der Waals surface area (Å²) in [5.41, 5.74) is 2.25. The molecule has 7 heteroatoms. The number of carbonyl (C=O) groups excluding carboxylic acids is 1. The Kier molecular flexibility index (Phi) is 4.41. The third-order valence-corrected chi connectivity index (χ3v) is 5.62. The second kappa shape index (κ2) is 6.52. The highest BCUT2D eigenvalue weighted by molar-refractivity contribution is 7.93. The molecule has 1 heterocycles. The average Bonchev–Trinajstić information content (AvgIpc) is 2.95. The van der Waals surface area contributed by atoms with Gasteiger partial charge in [0.15, 0.2) is 0 Å². The number of hydrogen-bond donors (Lipinski definition) is 0. The van der Waals surface area contributed by atoms with Crippen molar-refractivity contribution >= 4 is 22.3 Å². The summed E-state index contributed by atoms with van der Waals surface area (Å²) in [5, 5.41) is 3.73. The fourth-order valence-corrected chi connectivity index (χ4v) is 3.90. The maximum Gasteiger partial charge on any atom is 0.273 e. The summed E-state index contributed by atoms with van der Waals surface area (Å²) in [6, 6.07) is 15.6. The monoisotopic (exact) mass is 356 g/mol. The minimum atomic E-state index is -4.16. The molecule has 1 amide bonds. The molecule has 25 heavy (non-hydrogen) atoms. The molecular formula is C18H16N2O4S. The maximum atomic E-state index is 13.1. The van der Waals surface area contributed by atoms with Gasteiger partial charge in [-0.1, -0.05) is 53.7 Å². The Bertz CT molecular complexity index is 1010. The van der Waals surface area contributed by atoms with Crippen molar-refractivity contribution in [1.82, 2.24) is 5.16 Å². The van der Waals surface area contributed by atoms with E-state index >= 15 is 0 Å². The van der Waals surface area contributed by atoms with Crippen LogP contribution in [-0.4, -0.2) is 20.0 Å². The van der Waals surface area contributed by atoms with Crippen molar-refractivity contribution in [3.63, 3.8) is 0 Å². The lowest BCUT2D eigenvalue weighted by Crippen LogP contribution is -2.30. The van der Waals surface area contributed by atoms with Crippen molar-refractivity contribution in [2.45, 2.75) is 18.7 Å². The van der Waals surface area contributed by atoms with Crippen molar-refractivity contribution in [3.8, 4) is 11.1 Å². The smallest absolute Gasteiger partial charge is 0.273 e. The first kappa shape index (κ1) is 16.9. The molecule has 0 radical (unpaired) electrons. The highest BCUT2D eigenvalue weighted by atomic mass is 32.2. The number of benzene rings is 2. The Balaban J connectivity index is 2.18. The number of anilines is 1. The van der Waals surface area contributed by atoms with Gasteiger partial charge < -0.3 is 4.52 Å². The Morgan fingerprint density at radius 3 is 2.24 bits per heavy atom. The van der Waals surface area contributed by atoms with Crippen LogP contribution in [0, 0.1) is 13.8 Å². The summed E-state index contributed by atoms with van der Waals surface area (Å²) in [4.78, 5) is 11.6. The first-order valence-electron chi connectivity index (χ1n) is 7.54. The Morgan fingerprint density at radius 1 is 1.00 bits per heavy atom. The van der Waals surface area contributed by atoms with Gasteiger partial charge in [0.05, 0.1) is 10.6 Å². The molecule has 3 rings (SSSR count). The van der Waals surface area contributed by atoms with Gasteiger partial charge in [-0.05, 0) is 25.5 Å². The molecule has 0 aliphatic carbocycles. The third kappa shape index (κ3) is 2.94. The number of aromatic nitrogens is 1. The third-order valence-electron chi connectivity index (χ3n) is 3.94. The van der Waals surface area contributed by atoms with E-state index in [0.717, 1.165) is 5.56 Å². The van der Waals surface area contributed by atoms with Gasteiger partial charge in [-0.25, -0.2) is 8.42 Å². The van der Waals surface area contributed by atoms with Crippen LogP contribution in [-0.2, 0) is 14.8 Å². The molecule has 1 aromatic heterocycles. The second-order valence-electron chi connectivity index (χ2n) is 5.47. The molecule has 0 aliphatic heterocycles. The van der Waals surface area contributed by atoms with Gasteiger partial charge in [-0.15, -0.1) is 0 Å². The van der Waals surface area contributed by atoms with E-state index in [1.807, 2.05) is 30.3 Å². The lowest BCUT2D eigenvalue weighted by atomic mass is 10.1. The topological polar surface area (TPSA) is 80.5 Å². The van der Waals surface area contributed by atoms with E-state index in [1.54, 1.807) is 32.0 Å². The number of carbonyl (C=O) groups is 1. The van der Waals surface area contributed by atoms with Crippen LogP contribution in [0.25, 0.3) is 11.1 Å². The van der Waals surface area contributed by atoms with Crippen LogP contribution in [0.4, 0.5) is 5.88 Å². The molecule has 2 aromatic carbocycles. The average molecular weight is 356 g/mol. The van der Waals surface area contributed by atoms with Crippen molar-refractivity contribution in [2.24, 2.45) is 0 Å². The molecule has 0 spiro atoms. The van der Waals surface area contributed by atoms with Crippen molar-refractivity contribution in [3.05, 3.63) is 65.9 Å². The van der Waals surface area contributed by atoms with Crippen LogP contribution in [0.3, 0.4) is 0 Å². The number of aryl methyl sites for hydroxylation is 1. The minimum Gasteiger partial charge on any atom is -0.337 e. The van der Waals surface area contributed by atoms with Crippen LogP contribution < -0.4 is 4.31 Å². The highest BCUT2D eigenvalue weighted by Gasteiger charge is 2.31. The standard InChI is InChI=1S/C18H16N2O4S/c1-13-14(2)19-24-18(13)20(12-21)25(22,23)17-11-7-6-10-16(17)15-8-4-3-5-9-15/h3-12H,1-2H3. The zero-order valence-corrected chi connectivity index (χ0v) is 14.5. The second-order valence-corrected chi connectivity index (χ2v) is 7.25. The molecule has 0 saturated carbocycles. The SMILES string of the molecule is Cc1noc(N(C=O)S(=O)(=O)c2ccccc2-c2ccccc2)c1C. The number of sulfonamides is 1. The van der Waals surface area contributed by atoms with Crippen LogP contribution in [0.2, 0.25) is 0 Å². The molecular weight excluding hydrogens is 340 g/mol. The number of rotatable bonds is 5. The van der Waals surface area contributed by atoms with E-state index in [-0.39, 0.29) is 17.2 Å². The Morgan fingerprint density at radius 2 is 1.64 bits per heavy atom. The molecule has 3 aromatic rings. The van der Waals surface area contributed by atoms with Crippen molar-refractivity contribution in [2.75, 3.05) is 4.31 Å². The van der Waals surface area contributed by atoms with Gasteiger partial charge >= 0.3 is 0 Å². The Labute approximate surface area is 145 Å². The summed E-state index contributed by atoms with van der Waals surface area (Å²) in [6.07, 6.45) is 0.226. The molecule has 0 fully saturated rings. The predicted molar refractivity (Wildman–Crippen MR) is 93.6 cm³/mol. The molecule has 0 saturated heterocycles.